The minimum atomic E-state index is -0.188. The SMILES string of the molecule is CC(CN1CCCC(C(C)C)C1=O)c1c[nH]c(=O)[nH]1. The van der Waals surface area contributed by atoms with Crippen LogP contribution >= 0.6 is 0 Å². The van der Waals surface area contributed by atoms with E-state index < -0.39 is 0 Å². The van der Waals surface area contributed by atoms with Crippen molar-refractivity contribution in [2.75, 3.05) is 13.1 Å². The van der Waals surface area contributed by atoms with Gasteiger partial charge in [-0.15, -0.1) is 0 Å². The number of hydrogen-bond acceptors (Lipinski definition) is 2. The molecule has 2 heterocycles. The summed E-state index contributed by atoms with van der Waals surface area (Å²) in [4.78, 5) is 30.8. The third kappa shape index (κ3) is 3.08. The molecule has 1 aromatic heterocycles. The summed E-state index contributed by atoms with van der Waals surface area (Å²) < 4.78 is 0. The number of aromatic amines is 2. The quantitative estimate of drug-likeness (QED) is 0.870. The maximum atomic E-state index is 12.4. The highest BCUT2D eigenvalue weighted by atomic mass is 16.2. The van der Waals surface area contributed by atoms with Gasteiger partial charge in [-0.25, -0.2) is 4.79 Å². The molecule has 1 aromatic rings. The molecule has 1 aliphatic rings. The normalized spacial score (nSPS) is 22.0. The molecule has 1 fully saturated rings. The third-order valence-electron chi connectivity index (χ3n) is 4.02. The van der Waals surface area contributed by atoms with E-state index in [1.807, 2.05) is 11.8 Å². The van der Waals surface area contributed by atoms with E-state index in [9.17, 15) is 9.59 Å². The zero-order valence-corrected chi connectivity index (χ0v) is 11.9. The first kappa shape index (κ1) is 13.9. The van der Waals surface area contributed by atoms with Crippen molar-refractivity contribution in [3.63, 3.8) is 0 Å². The largest absolute Gasteiger partial charge is 0.342 e. The average molecular weight is 265 g/mol. The number of imidazole rings is 1. The molecule has 2 rings (SSSR count). The smallest absolute Gasteiger partial charge is 0.323 e. The second kappa shape index (κ2) is 5.63. The lowest BCUT2D eigenvalue weighted by Crippen LogP contribution is -2.44. The van der Waals surface area contributed by atoms with Crippen LogP contribution in [0.4, 0.5) is 0 Å². The number of rotatable bonds is 4. The third-order valence-corrected chi connectivity index (χ3v) is 4.02. The monoisotopic (exact) mass is 265 g/mol. The van der Waals surface area contributed by atoms with Gasteiger partial charge in [-0.3, -0.25) is 4.79 Å². The Bertz CT molecular complexity index is 489. The summed E-state index contributed by atoms with van der Waals surface area (Å²) in [6, 6.07) is 0. The van der Waals surface area contributed by atoms with Crippen LogP contribution in [0.1, 0.15) is 45.2 Å². The first-order chi connectivity index (χ1) is 8.99. The van der Waals surface area contributed by atoms with E-state index in [4.69, 9.17) is 0 Å². The number of likely N-dealkylation sites (tertiary alicyclic amines) is 1. The Morgan fingerprint density at radius 2 is 2.11 bits per heavy atom. The predicted molar refractivity (Wildman–Crippen MR) is 74.0 cm³/mol. The van der Waals surface area contributed by atoms with Gasteiger partial charge >= 0.3 is 5.69 Å². The van der Waals surface area contributed by atoms with Crippen molar-refractivity contribution in [2.45, 2.75) is 39.5 Å². The molecule has 106 valence electrons. The molecular formula is C14H23N3O2. The van der Waals surface area contributed by atoms with E-state index in [2.05, 4.69) is 23.8 Å². The van der Waals surface area contributed by atoms with E-state index in [0.29, 0.717) is 12.5 Å². The molecule has 2 atom stereocenters. The van der Waals surface area contributed by atoms with Gasteiger partial charge in [0.25, 0.3) is 0 Å². The number of carbonyl (C=O) groups is 1. The van der Waals surface area contributed by atoms with Crippen molar-refractivity contribution in [3.05, 3.63) is 22.4 Å². The standard InChI is InChI=1S/C14H23N3O2/c1-9(2)11-5-4-6-17(13(11)18)8-10(3)12-7-15-14(19)16-12/h7,9-11H,4-6,8H2,1-3H3,(H2,15,16,19). The molecule has 5 nitrogen and oxygen atoms in total. The predicted octanol–water partition coefficient (Wildman–Crippen LogP) is 1.70. The molecule has 1 aliphatic heterocycles. The second-order valence-corrected chi connectivity index (χ2v) is 5.88. The van der Waals surface area contributed by atoms with E-state index in [0.717, 1.165) is 25.1 Å². The zero-order valence-electron chi connectivity index (χ0n) is 11.9. The molecule has 1 amide bonds. The molecule has 0 bridgehead atoms. The molecule has 2 unspecified atom stereocenters. The minimum Gasteiger partial charge on any atom is -0.342 e. The second-order valence-electron chi connectivity index (χ2n) is 5.88. The maximum absolute atomic E-state index is 12.4. The molecular weight excluding hydrogens is 242 g/mol. The number of nitrogens with zero attached hydrogens (tertiary/aromatic N) is 1. The van der Waals surface area contributed by atoms with Gasteiger partial charge in [0.05, 0.1) is 0 Å². The fourth-order valence-corrected chi connectivity index (χ4v) is 2.81. The Morgan fingerprint density at radius 3 is 2.68 bits per heavy atom. The van der Waals surface area contributed by atoms with Crippen LogP contribution in [-0.4, -0.2) is 33.9 Å². The summed E-state index contributed by atoms with van der Waals surface area (Å²) in [7, 11) is 0. The molecule has 2 N–H and O–H groups in total. The first-order valence-electron chi connectivity index (χ1n) is 7.05. The Kier molecular flexibility index (Phi) is 4.12. The lowest BCUT2D eigenvalue weighted by molar-refractivity contribution is -0.140. The van der Waals surface area contributed by atoms with E-state index in [1.165, 1.54) is 0 Å². The van der Waals surface area contributed by atoms with Crippen LogP contribution in [0.15, 0.2) is 11.0 Å². The molecule has 0 aliphatic carbocycles. The number of carbonyl (C=O) groups excluding carboxylic acids is 1. The topological polar surface area (TPSA) is 69.0 Å². The number of nitrogens with one attached hydrogen (secondary N) is 2. The molecule has 0 spiro atoms. The Morgan fingerprint density at radius 1 is 1.37 bits per heavy atom. The summed E-state index contributed by atoms with van der Waals surface area (Å²) in [6.07, 6.45) is 3.77. The van der Waals surface area contributed by atoms with Gasteiger partial charge in [0.1, 0.15) is 0 Å². The summed E-state index contributed by atoms with van der Waals surface area (Å²) >= 11 is 0. The van der Waals surface area contributed by atoms with Gasteiger partial charge in [0, 0.05) is 36.8 Å². The molecule has 0 aromatic carbocycles. The summed E-state index contributed by atoms with van der Waals surface area (Å²) in [6.45, 7) is 7.76. The fraction of sp³-hybridized carbons (Fsp3) is 0.714. The van der Waals surface area contributed by atoms with E-state index >= 15 is 0 Å². The zero-order chi connectivity index (χ0) is 14.0. The Labute approximate surface area is 113 Å². The van der Waals surface area contributed by atoms with E-state index in [-0.39, 0.29) is 23.4 Å². The highest BCUT2D eigenvalue weighted by molar-refractivity contribution is 5.79. The lowest BCUT2D eigenvalue weighted by Gasteiger charge is -2.35. The van der Waals surface area contributed by atoms with Crippen LogP contribution in [0, 0.1) is 11.8 Å². The average Bonchev–Trinajstić information content (AvgIpc) is 2.78. The number of aromatic nitrogens is 2. The Hall–Kier alpha value is -1.52. The van der Waals surface area contributed by atoms with Crippen molar-refractivity contribution in [1.29, 1.82) is 0 Å². The highest BCUT2D eigenvalue weighted by Gasteiger charge is 2.31. The molecule has 5 heteroatoms. The van der Waals surface area contributed by atoms with Crippen LogP contribution in [0.3, 0.4) is 0 Å². The van der Waals surface area contributed by atoms with Crippen LogP contribution < -0.4 is 5.69 Å². The van der Waals surface area contributed by atoms with Crippen molar-refractivity contribution in [1.82, 2.24) is 14.9 Å². The number of amides is 1. The van der Waals surface area contributed by atoms with Gasteiger partial charge in [0.2, 0.25) is 5.91 Å². The van der Waals surface area contributed by atoms with Gasteiger partial charge in [-0.05, 0) is 18.8 Å². The van der Waals surface area contributed by atoms with E-state index in [1.54, 1.807) is 6.20 Å². The van der Waals surface area contributed by atoms with Crippen LogP contribution in [0.2, 0.25) is 0 Å². The van der Waals surface area contributed by atoms with Crippen LogP contribution in [0.25, 0.3) is 0 Å². The molecule has 1 saturated heterocycles. The van der Waals surface area contributed by atoms with Crippen molar-refractivity contribution < 1.29 is 4.79 Å². The fourth-order valence-electron chi connectivity index (χ4n) is 2.81. The Balaban J connectivity index is 2.02. The van der Waals surface area contributed by atoms with Crippen molar-refractivity contribution in [2.24, 2.45) is 11.8 Å². The van der Waals surface area contributed by atoms with Crippen LogP contribution in [-0.2, 0) is 4.79 Å². The van der Waals surface area contributed by atoms with Gasteiger partial charge in [0.15, 0.2) is 0 Å². The number of H-pyrrole nitrogens is 2. The van der Waals surface area contributed by atoms with Gasteiger partial charge < -0.3 is 14.9 Å². The van der Waals surface area contributed by atoms with Crippen molar-refractivity contribution in [3.8, 4) is 0 Å². The summed E-state index contributed by atoms with van der Waals surface area (Å²) in [5, 5.41) is 0. The summed E-state index contributed by atoms with van der Waals surface area (Å²) in [5.74, 6) is 0.976. The number of hydrogen-bond donors (Lipinski definition) is 2. The minimum absolute atomic E-state index is 0.147. The molecule has 0 saturated carbocycles. The van der Waals surface area contributed by atoms with Crippen LogP contribution in [0.5, 0.6) is 0 Å². The number of piperidine rings is 1. The lowest BCUT2D eigenvalue weighted by atomic mass is 9.86. The highest BCUT2D eigenvalue weighted by Crippen LogP contribution is 2.26. The van der Waals surface area contributed by atoms with Gasteiger partial charge in [-0.2, -0.15) is 0 Å². The summed E-state index contributed by atoms with van der Waals surface area (Å²) in [5.41, 5.74) is 0.677. The first-order valence-corrected chi connectivity index (χ1v) is 7.05. The maximum Gasteiger partial charge on any atom is 0.323 e. The molecule has 0 radical (unpaired) electrons. The van der Waals surface area contributed by atoms with Gasteiger partial charge in [-0.1, -0.05) is 20.8 Å². The molecule has 19 heavy (non-hydrogen) atoms. The van der Waals surface area contributed by atoms with Crippen molar-refractivity contribution >= 4 is 5.91 Å².